The summed E-state index contributed by atoms with van der Waals surface area (Å²) >= 11 is 0. The summed E-state index contributed by atoms with van der Waals surface area (Å²) < 4.78 is 146. The molecule has 0 atom stereocenters. The third-order valence-corrected chi connectivity index (χ3v) is 18.0. The minimum atomic E-state index is -5.40. The predicted octanol–water partition coefficient (Wildman–Crippen LogP) is 5.19. The van der Waals surface area contributed by atoms with Gasteiger partial charge in [0.05, 0.1) is 126 Å². The highest BCUT2D eigenvalue weighted by Gasteiger charge is 2.27. The average Bonchev–Trinajstić information content (AvgIpc) is 4.06. The molecule has 0 N–H and O–H groups in total. The molecular formula is C44H70N4O12S4. The van der Waals surface area contributed by atoms with E-state index in [2.05, 4.69) is 55.9 Å². The van der Waals surface area contributed by atoms with Gasteiger partial charge in [-0.15, -0.1) is 0 Å². The van der Waals surface area contributed by atoms with Crippen LogP contribution in [-0.2, 0) is 40.5 Å². The summed E-state index contributed by atoms with van der Waals surface area (Å²) in [5.74, 6) is 0. The highest BCUT2D eigenvalue weighted by Crippen LogP contribution is 2.44. The van der Waals surface area contributed by atoms with Crippen molar-refractivity contribution >= 4 is 72.8 Å². The lowest BCUT2D eigenvalue weighted by Gasteiger charge is -2.26. The number of quaternary nitrogens is 4. The third-order valence-electron chi connectivity index (χ3n) is 14.5. The first kappa shape index (κ1) is 54.0. The minimum Gasteiger partial charge on any atom is -0.744 e. The van der Waals surface area contributed by atoms with Crippen molar-refractivity contribution in [2.24, 2.45) is 0 Å². The second-order valence-electron chi connectivity index (χ2n) is 19.0. The Bertz CT molecular complexity index is 2320. The van der Waals surface area contributed by atoms with Crippen molar-refractivity contribution in [3.63, 3.8) is 0 Å². The molecule has 0 bridgehead atoms. The molecule has 4 aliphatic rings. The molecule has 4 saturated heterocycles. The summed E-state index contributed by atoms with van der Waals surface area (Å²) in [6, 6.07) is 4.27. The molecule has 64 heavy (non-hydrogen) atoms. The molecular weight excluding hydrogens is 905 g/mol. The maximum atomic E-state index is 11.8. The van der Waals surface area contributed by atoms with Gasteiger partial charge in [-0.1, -0.05) is 24.3 Å². The Hall–Kier alpha value is -2.60. The summed E-state index contributed by atoms with van der Waals surface area (Å²) in [5, 5.41) is -2.90. The predicted molar refractivity (Wildman–Crippen MR) is 245 cm³/mol. The second-order valence-corrected chi connectivity index (χ2v) is 24.4. The number of hydrogen-bond donors (Lipinski definition) is 0. The first-order chi connectivity index (χ1) is 29.5. The second kappa shape index (κ2) is 20.7. The summed E-state index contributed by atoms with van der Waals surface area (Å²) in [4.78, 5) is -4.63. The Balaban J connectivity index is 0.000000223. The molecule has 0 unspecified atom stereocenters. The molecule has 362 valence electrons. The summed E-state index contributed by atoms with van der Waals surface area (Å²) in [6.45, 7) is 25.7. The van der Waals surface area contributed by atoms with Crippen LogP contribution in [0.25, 0.3) is 32.3 Å². The maximum Gasteiger partial charge on any atom is 0.125 e. The van der Waals surface area contributed by atoms with Crippen molar-refractivity contribution in [2.75, 3.05) is 107 Å². The number of hydrogen-bond acceptors (Lipinski definition) is 12. The zero-order valence-corrected chi connectivity index (χ0v) is 42.2. The van der Waals surface area contributed by atoms with Crippen LogP contribution in [0.15, 0.2) is 56.0 Å². The van der Waals surface area contributed by atoms with Gasteiger partial charge in [0.25, 0.3) is 0 Å². The van der Waals surface area contributed by atoms with E-state index in [1.165, 1.54) is 148 Å². The van der Waals surface area contributed by atoms with Crippen LogP contribution in [0.2, 0.25) is 0 Å². The van der Waals surface area contributed by atoms with Crippen LogP contribution in [0.5, 0.6) is 0 Å². The molecule has 20 heteroatoms. The first-order valence-electron chi connectivity index (χ1n) is 22.5. The summed E-state index contributed by atoms with van der Waals surface area (Å²) in [7, 11) is -12.2. The molecule has 0 amide bonds. The van der Waals surface area contributed by atoms with E-state index in [4.69, 9.17) is 0 Å². The van der Waals surface area contributed by atoms with Gasteiger partial charge < -0.3 is 36.1 Å². The van der Waals surface area contributed by atoms with Crippen LogP contribution in [-0.4, -0.2) is 177 Å². The zero-order valence-electron chi connectivity index (χ0n) is 38.9. The van der Waals surface area contributed by atoms with Crippen LogP contribution in [0, 0.1) is 0 Å². The maximum absolute atomic E-state index is 11.8. The molecule has 0 radical (unpaired) electrons. The summed E-state index contributed by atoms with van der Waals surface area (Å²) in [6.07, 6.45) is 11.6. The van der Waals surface area contributed by atoms with Crippen molar-refractivity contribution < 1.29 is 69.8 Å². The lowest BCUT2D eigenvalue weighted by Crippen LogP contribution is -2.40. The molecule has 4 aromatic rings. The highest BCUT2D eigenvalue weighted by atomic mass is 32.2. The van der Waals surface area contributed by atoms with Crippen molar-refractivity contribution in [1.82, 2.24) is 0 Å². The molecule has 16 nitrogen and oxygen atoms in total. The van der Waals surface area contributed by atoms with Crippen molar-refractivity contribution in [3.05, 3.63) is 36.4 Å². The van der Waals surface area contributed by atoms with Gasteiger partial charge in [0, 0.05) is 72.9 Å². The van der Waals surface area contributed by atoms with Crippen molar-refractivity contribution in [3.8, 4) is 0 Å². The van der Waals surface area contributed by atoms with Gasteiger partial charge in [-0.3, -0.25) is 0 Å². The fourth-order valence-corrected chi connectivity index (χ4v) is 12.3. The molecule has 0 spiro atoms. The van der Waals surface area contributed by atoms with Gasteiger partial charge in [-0.2, -0.15) is 0 Å². The van der Waals surface area contributed by atoms with Gasteiger partial charge in [-0.05, 0) is 50.6 Å². The van der Waals surface area contributed by atoms with E-state index < -0.39 is 92.4 Å². The fourth-order valence-electron chi connectivity index (χ4n) is 9.35. The molecule has 0 aromatic heterocycles. The fraction of sp³-hybridized carbons (Fsp3) is 0.636. The number of likely N-dealkylation sites (tertiary alicyclic amines) is 4. The lowest BCUT2D eigenvalue weighted by molar-refractivity contribution is -0.895. The average molecular weight is 975 g/mol. The molecule has 0 aliphatic carbocycles. The van der Waals surface area contributed by atoms with E-state index >= 15 is 0 Å². The Morgan fingerprint density at radius 1 is 0.359 bits per heavy atom. The van der Waals surface area contributed by atoms with Gasteiger partial charge in [0.2, 0.25) is 0 Å². The van der Waals surface area contributed by atoms with Gasteiger partial charge in [0.15, 0.2) is 0 Å². The molecule has 4 aliphatic heterocycles. The van der Waals surface area contributed by atoms with Crippen LogP contribution in [0.4, 0.5) is 0 Å². The smallest absolute Gasteiger partial charge is 0.125 e. The minimum absolute atomic E-state index is 0.336. The summed E-state index contributed by atoms with van der Waals surface area (Å²) in [5.41, 5.74) is 0. The Morgan fingerprint density at radius 3 is 0.625 bits per heavy atom. The quantitative estimate of drug-likeness (QED) is 0.126. The normalized spacial score (nSPS) is 20.1. The third kappa shape index (κ3) is 13.3. The zero-order chi connectivity index (χ0) is 48.2. The SMILES string of the molecule is CC[N+]1(C)CCCC1.CC[N+]1(C)CCCC1.CC[N+]1(C)CCCC1.CC[N+]1(C)CCCC1.O=S(=O)([O-])c1cc(S(=O)(=O)[O-])c2ccc3c(S(=O)(=O)[O-])cc(S(=O)(=O)[O-])c4ccc1c2c43. The molecule has 4 heterocycles. The van der Waals surface area contributed by atoms with Gasteiger partial charge in [-0.25, -0.2) is 33.7 Å². The van der Waals surface area contributed by atoms with Gasteiger partial charge in [0.1, 0.15) is 40.5 Å². The topological polar surface area (TPSA) is 229 Å². The van der Waals surface area contributed by atoms with Crippen LogP contribution >= 0.6 is 0 Å². The van der Waals surface area contributed by atoms with Crippen LogP contribution < -0.4 is 0 Å². The Morgan fingerprint density at radius 2 is 0.516 bits per heavy atom. The molecule has 8 rings (SSSR count). The standard InChI is InChI=1S/C16H10O12S4.4C7H16N/c17-29(18,19)11-5-13(31(23,24)25)9-3-4-10-14(32(26,27)28)6-12(30(20,21)22)8-2-1-7(11)15(9)16(8)10;4*1-3-8(2)6-4-5-7-8/h1-6H,(H,17,18,19)(H,20,21,22)(H,23,24,25)(H,26,27,28);4*3-7H2,1-2H3/q;4*+1/p-4. The molecule has 0 saturated carbocycles. The number of rotatable bonds is 8. The molecule has 4 fully saturated rings. The van der Waals surface area contributed by atoms with E-state index in [1.807, 2.05) is 0 Å². The molecule has 4 aromatic carbocycles. The largest absolute Gasteiger partial charge is 0.744 e. The highest BCUT2D eigenvalue weighted by molar-refractivity contribution is 7.87. The van der Waals surface area contributed by atoms with E-state index in [0.29, 0.717) is 12.1 Å². The lowest BCUT2D eigenvalue weighted by atomic mass is 9.94. The van der Waals surface area contributed by atoms with Crippen molar-refractivity contribution in [1.29, 1.82) is 0 Å². The van der Waals surface area contributed by atoms with E-state index in [9.17, 15) is 51.9 Å². The van der Waals surface area contributed by atoms with E-state index in [-0.39, 0.29) is 0 Å². The Labute approximate surface area is 382 Å². The van der Waals surface area contributed by atoms with Crippen LogP contribution in [0.3, 0.4) is 0 Å². The number of benzene rings is 4. The first-order valence-corrected chi connectivity index (χ1v) is 28.1. The van der Waals surface area contributed by atoms with Gasteiger partial charge >= 0.3 is 0 Å². The van der Waals surface area contributed by atoms with E-state index in [0.717, 1.165) is 24.3 Å². The number of nitrogens with zero attached hydrogens (tertiary/aromatic N) is 4. The van der Waals surface area contributed by atoms with Crippen molar-refractivity contribution in [2.45, 2.75) is 98.6 Å². The van der Waals surface area contributed by atoms with E-state index in [1.54, 1.807) is 0 Å². The monoisotopic (exact) mass is 974 g/mol. The Kier molecular flexibility index (Phi) is 17.5. The van der Waals surface area contributed by atoms with Crippen LogP contribution in [0.1, 0.15) is 79.1 Å².